The third-order valence-electron chi connectivity index (χ3n) is 4.02. The van der Waals surface area contributed by atoms with E-state index in [2.05, 4.69) is 19.9 Å². The monoisotopic (exact) mass is 290 g/mol. The summed E-state index contributed by atoms with van der Waals surface area (Å²) in [5.41, 5.74) is 4.25. The molecule has 1 rings (SSSR count). The predicted octanol–water partition coefficient (Wildman–Crippen LogP) is 5.17. The second kappa shape index (κ2) is 9.73. The Balaban J connectivity index is 2.27. The van der Waals surface area contributed by atoms with Gasteiger partial charge in [0.1, 0.15) is 6.61 Å². The molecule has 0 amide bonds. The molecule has 0 heterocycles. The molecule has 2 nitrogen and oxygen atoms in total. The SMILES string of the molecule is CCCCCCCCOCC(=O)c1cc(C)c(C)cc1C. The first kappa shape index (κ1) is 17.9. The van der Waals surface area contributed by atoms with Gasteiger partial charge in [-0.25, -0.2) is 0 Å². The van der Waals surface area contributed by atoms with Crippen molar-refractivity contribution in [1.82, 2.24) is 0 Å². The molecule has 0 N–H and O–H groups in total. The molecule has 0 unspecified atom stereocenters. The van der Waals surface area contributed by atoms with Crippen molar-refractivity contribution in [3.8, 4) is 0 Å². The molecule has 2 heteroatoms. The lowest BCUT2D eigenvalue weighted by Crippen LogP contribution is -2.12. The van der Waals surface area contributed by atoms with Gasteiger partial charge in [-0.15, -0.1) is 0 Å². The number of Topliss-reactive ketones (excluding diaryl/α,β-unsaturated/α-hetero) is 1. The number of aryl methyl sites for hydroxylation is 3. The van der Waals surface area contributed by atoms with Crippen LogP contribution in [-0.4, -0.2) is 19.0 Å². The molecule has 0 aliphatic heterocycles. The number of ketones is 1. The standard InChI is InChI=1S/C19H30O2/c1-5-6-7-8-9-10-11-21-14-19(20)18-13-16(3)15(2)12-17(18)4/h12-13H,5-11,14H2,1-4H3. The Hall–Kier alpha value is -1.15. The van der Waals surface area contributed by atoms with Crippen molar-refractivity contribution >= 4 is 5.78 Å². The summed E-state index contributed by atoms with van der Waals surface area (Å²) in [5, 5.41) is 0. The fraction of sp³-hybridized carbons (Fsp3) is 0.632. The maximum atomic E-state index is 12.2. The Labute approximate surface area is 129 Å². The average Bonchev–Trinajstić information content (AvgIpc) is 2.45. The van der Waals surface area contributed by atoms with E-state index in [1.807, 2.05) is 19.9 Å². The first-order valence-electron chi connectivity index (χ1n) is 8.25. The smallest absolute Gasteiger partial charge is 0.188 e. The van der Waals surface area contributed by atoms with Crippen LogP contribution in [0.1, 0.15) is 72.5 Å². The average molecular weight is 290 g/mol. The summed E-state index contributed by atoms with van der Waals surface area (Å²) in [5.74, 6) is 0.0987. The third-order valence-corrected chi connectivity index (χ3v) is 4.02. The maximum Gasteiger partial charge on any atom is 0.188 e. The molecule has 0 fully saturated rings. The van der Waals surface area contributed by atoms with Crippen LogP contribution in [0.2, 0.25) is 0 Å². The van der Waals surface area contributed by atoms with Crippen molar-refractivity contribution in [2.75, 3.05) is 13.2 Å². The number of hydrogen-bond donors (Lipinski definition) is 0. The quantitative estimate of drug-likeness (QED) is 0.439. The highest BCUT2D eigenvalue weighted by atomic mass is 16.5. The van der Waals surface area contributed by atoms with Crippen molar-refractivity contribution in [3.05, 3.63) is 34.4 Å². The minimum absolute atomic E-state index is 0.0987. The minimum atomic E-state index is 0.0987. The van der Waals surface area contributed by atoms with Crippen LogP contribution in [0.3, 0.4) is 0 Å². The number of ether oxygens (including phenoxy) is 1. The van der Waals surface area contributed by atoms with Crippen LogP contribution in [0.25, 0.3) is 0 Å². The zero-order valence-corrected chi connectivity index (χ0v) is 14.1. The van der Waals surface area contributed by atoms with Crippen LogP contribution in [0.5, 0.6) is 0 Å². The Morgan fingerprint density at radius 3 is 2.24 bits per heavy atom. The Bertz CT molecular complexity index is 449. The molecule has 0 aliphatic rings. The van der Waals surface area contributed by atoms with Crippen LogP contribution in [-0.2, 0) is 4.74 Å². The van der Waals surface area contributed by atoms with Gasteiger partial charge in [0.25, 0.3) is 0 Å². The van der Waals surface area contributed by atoms with E-state index in [0.29, 0.717) is 6.61 Å². The molecule has 0 aliphatic carbocycles. The summed E-state index contributed by atoms with van der Waals surface area (Å²) >= 11 is 0. The zero-order chi connectivity index (χ0) is 15.7. The number of rotatable bonds is 10. The largest absolute Gasteiger partial charge is 0.373 e. The van der Waals surface area contributed by atoms with Crippen molar-refractivity contribution in [3.63, 3.8) is 0 Å². The van der Waals surface area contributed by atoms with Gasteiger partial charge < -0.3 is 4.74 Å². The molecule has 0 saturated carbocycles. The van der Waals surface area contributed by atoms with E-state index in [1.54, 1.807) is 0 Å². The van der Waals surface area contributed by atoms with Crippen LogP contribution >= 0.6 is 0 Å². The topological polar surface area (TPSA) is 26.3 Å². The van der Waals surface area contributed by atoms with Crippen LogP contribution in [0.4, 0.5) is 0 Å². The molecular weight excluding hydrogens is 260 g/mol. The number of benzene rings is 1. The second-order valence-corrected chi connectivity index (χ2v) is 5.99. The van der Waals surface area contributed by atoms with Crippen molar-refractivity contribution in [2.45, 2.75) is 66.2 Å². The maximum absolute atomic E-state index is 12.2. The van der Waals surface area contributed by atoms with Crippen molar-refractivity contribution in [2.24, 2.45) is 0 Å². The lowest BCUT2D eigenvalue weighted by Gasteiger charge is -2.09. The summed E-state index contributed by atoms with van der Waals surface area (Å²) in [4.78, 5) is 12.2. The zero-order valence-electron chi connectivity index (χ0n) is 14.1. The predicted molar refractivity (Wildman–Crippen MR) is 89.2 cm³/mol. The Kier molecular flexibility index (Phi) is 8.29. The fourth-order valence-corrected chi connectivity index (χ4v) is 2.49. The van der Waals surface area contributed by atoms with Crippen LogP contribution < -0.4 is 0 Å². The van der Waals surface area contributed by atoms with E-state index < -0.39 is 0 Å². The Morgan fingerprint density at radius 2 is 1.52 bits per heavy atom. The summed E-state index contributed by atoms with van der Waals surface area (Å²) < 4.78 is 5.53. The van der Waals surface area contributed by atoms with Gasteiger partial charge in [0, 0.05) is 12.2 Å². The van der Waals surface area contributed by atoms with E-state index in [-0.39, 0.29) is 12.4 Å². The molecule has 0 atom stereocenters. The summed E-state index contributed by atoms with van der Waals surface area (Å²) in [6.07, 6.45) is 7.46. The first-order chi connectivity index (χ1) is 10.1. The minimum Gasteiger partial charge on any atom is -0.373 e. The lowest BCUT2D eigenvalue weighted by molar-refractivity contribution is 0.0751. The molecule has 0 aromatic heterocycles. The van der Waals surface area contributed by atoms with Gasteiger partial charge in [-0.2, -0.15) is 0 Å². The molecule has 118 valence electrons. The first-order valence-corrected chi connectivity index (χ1v) is 8.25. The number of carbonyl (C=O) groups is 1. The second-order valence-electron chi connectivity index (χ2n) is 5.99. The van der Waals surface area contributed by atoms with E-state index in [0.717, 1.165) is 17.5 Å². The fourth-order valence-electron chi connectivity index (χ4n) is 2.49. The van der Waals surface area contributed by atoms with E-state index in [4.69, 9.17) is 4.74 Å². The molecule has 21 heavy (non-hydrogen) atoms. The highest BCUT2D eigenvalue weighted by Crippen LogP contribution is 2.16. The highest BCUT2D eigenvalue weighted by Gasteiger charge is 2.10. The van der Waals surface area contributed by atoms with Gasteiger partial charge >= 0.3 is 0 Å². The normalized spacial score (nSPS) is 10.9. The van der Waals surface area contributed by atoms with Crippen molar-refractivity contribution in [1.29, 1.82) is 0 Å². The summed E-state index contributed by atoms with van der Waals surface area (Å²) in [7, 11) is 0. The molecule has 0 spiro atoms. The number of carbonyl (C=O) groups excluding carboxylic acids is 1. The van der Waals surface area contributed by atoms with E-state index in [1.165, 1.54) is 43.2 Å². The molecule has 1 aromatic rings. The summed E-state index contributed by atoms with van der Waals surface area (Å²) in [6.45, 7) is 9.24. The van der Waals surface area contributed by atoms with Gasteiger partial charge in [-0.05, 0) is 49.9 Å². The van der Waals surface area contributed by atoms with E-state index >= 15 is 0 Å². The van der Waals surface area contributed by atoms with Gasteiger partial charge in [-0.1, -0.05) is 45.1 Å². The lowest BCUT2D eigenvalue weighted by atomic mass is 9.98. The molecule has 0 radical (unpaired) electrons. The van der Waals surface area contributed by atoms with Gasteiger partial charge in [0.2, 0.25) is 0 Å². The van der Waals surface area contributed by atoms with Crippen LogP contribution in [0.15, 0.2) is 12.1 Å². The Morgan fingerprint density at radius 1 is 0.905 bits per heavy atom. The van der Waals surface area contributed by atoms with Crippen molar-refractivity contribution < 1.29 is 9.53 Å². The molecule has 1 aromatic carbocycles. The van der Waals surface area contributed by atoms with Gasteiger partial charge in [-0.3, -0.25) is 4.79 Å². The third kappa shape index (κ3) is 6.43. The van der Waals surface area contributed by atoms with Gasteiger partial charge in [0.05, 0.1) is 0 Å². The molecule has 0 saturated heterocycles. The summed E-state index contributed by atoms with van der Waals surface area (Å²) in [6, 6.07) is 4.07. The molecular formula is C19H30O2. The number of hydrogen-bond acceptors (Lipinski definition) is 2. The molecule has 0 bridgehead atoms. The number of unbranched alkanes of at least 4 members (excludes halogenated alkanes) is 5. The van der Waals surface area contributed by atoms with Crippen LogP contribution in [0, 0.1) is 20.8 Å². The highest BCUT2D eigenvalue weighted by molar-refractivity contribution is 5.98. The van der Waals surface area contributed by atoms with E-state index in [9.17, 15) is 4.79 Å². The van der Waals surface area contributed by atoms with Gasteiger partial charge in [0.15, 0.2) is 5.78 Å².